The molecule has 7 nitrogen and oxygen atoms in total. The van der Waals surface area contributed by atoms with Crippen molar-refractivity contribution in [3.8, 4) is 11.4 Å². The van der Waals surface area contributed by atoms with E-state index >= 15 is 0 Å². The van der Waals surface area contributed by atoms with Crippen molar-refractivity contribution in [2.45, 2.75) is 32.0 Å². The van der Waals surface area contributed by atoms with E-state index < -0.39 is 0 Å². The summed E-state index contributed by atoms with van der Waals surface area (Å²) in [5, 5.41) is 16.2. The Morgan fingerprint density at radius 2 is 1.79 bits per heavy atom. The van der Waals surface area contributed by atoms with Crippen LogP contribution in [0.15, 0.2) is 54.6 Å². The fourth-order valence-corrected chi connectivity index (χ4v) is 3.62. The number of benzene rings is 2. The third-order valence-corrected chi connectivity index (χ3v) is 5.29. The van der Waals surface area contributed by atoms with Crippen molar-refractivity contribution in [3.05, 3.63) is 65.2 Å². The van der Waals surface area contributed by atoms with Crippen molar-refractivity contribution < 1.29 is 4.79 Å². The first kappa shape index (κ1) is 19.5. The third-order valence-electron chi connectivity index (χ3n) is 5.04. The number of nitrogens with zero attached hydrogens (tertiary/aromatic N) is 5. The molecule has 0 atom stereocenters. The average Bonchev–Trinajstić information content (AvgIpc) is 3.20. The third kappa shape index (κ3) is 5.40. The van der Waals surface area contributed by atoms with Crippen LogP contribution in [0.25, 0.3) is 11.4 Å². The molecule has 1 fully saturated rings. The molecule has 1 aliphatic heterocycles. The number of likely N-dealkylation sites (tertiary alicyclic amines) is 1. The molecule has 3 aromatic rings. The van der Waals surface area contributed by atoms with Gasteiger partial charge < -0.3 is 5.32 Å². The van der Waals surface area contributed by atoms with Crippen LogP contribution in [-0.4, -0.2) is 50.1 Å². The fraction of sp³-hybridized carbons (Fsp3) is 0.333. The molecule has 1 aromatic heterocycles. The molecule has 4 rings (SSSR count). The zero-order chi connectivity index (χ0) is 20.1. The van der Waals surface area contributed by atoms with Crippen LogP contribution >= 0.6 is 11.6 Å². The summed E-state index contributed by atoms with van der Waals surface area (Å²) in [7, 11) is 0. The number of aromatic nitrogens is 4. The van der Waals surface area contributed by atoms with E-state index in [9.17, 15) is 4.79 Å². The van der Waals surface area contributed by atoms with Gasteiger partial charge in [0.1, 0.15) is 6.54 Å². The Labute approximate surface area is 174 Å². The molecule has 1 aliphatic rings. The second-order valence-corrected chi connectivity index (χ2v) is 7.69. The quantitative estimate of drug-likeness (QED) is 0.676. The van der Waals surface area contributed by atoms with E-state index in [1.54, 1.807) is 0 Å². The van der Waals surface area contributed by atoms with Crippen LogP contribution in [0.3, 0.4) is 0 Å². The summed E-state index contributed by atoms with van der Waals surface area (Å²) in [6.07, 6.45) is 1.86. The number of carbonyl (C=O) groups excluding carboxylic acids is 1. The molecular weight excluding hydrogens is 388 g/mol. The molecule has 1 saturated heterocycles. The molecule has 2 aromatic carbocycles. The smallest absolute Gasteiger partial charge is 0.243 e. The largest absolute Gasteiger partial charge is 0.352 e. The van der Waals surface area contributed by atoms with Gasteiger partial charge in [0, 0.05) is 36.3 Å². The van der Waals surface area contributed by atoms with E-state index in [1.807, 2.05) is 42.5 Å². The van der Waals surface area contributed by atoms with Crippen molar-refractivity contribution in [1.29, 1.82) is 0 Å². The Bertz CT molecular complexity index is 935. The van der Waals surface area contributed by atoms with Gasteiger partial charge in [0.2, 0.25) is 11.7 Å². The maximum absolute atomic E-state index is 12.4. The molecule has 0 aliphatic carbocycles. The number of halogens is 1. The van der Waals surface area contributed by atoms with E-state index in [-0.39, 0.29) is 18.5 Å². The summed E-state index contributed by atoms with van der Waals surface area (Å²) in [5.41, 5.74) is 2.13. The number of hydrogen-bond donors (Lipinski definition) is 1. The molecule has 29 heavy (non-hydrogen) atoms. The number of nitrogens with one attached hydrogen (secondary N) is 1. The number of piperidine rings is 1. The Hall–Kier alpha value is -2.77. The lowest BCUT2D eigenvalue weighted by molar-refractivity contribution is -0.123. The number of hydrogen-bond acceptors (Lipinski definition) is 5. The number of carbonyl (C=O) groups is 1. The highest BCUT2D eigenvalue weighted by Gasteiger charge is 2.21. The fourth-order valence-electron chi connectivity index (χ4n) is 3.50. The number of rotatable bonds is 6. The lowest BCUT2D eigenvalue weighted by atomic mass is 10.0. The SMILES string of the molecule is O=C(Cn1nnc(-c2ccccc2)n1)NC1CCN(Cc2ccc(Cl)cc2)CC1. The highest BCUT2D eigenvalue weighted by molar-refractivity contribution is 6.30. The van der Waals surface area contributed by atoms with Gasteiger partial charge in [0.05, 0.1) is 0 Å². The van der Waals surface area contributed by atoms with E-state index in [4.69, 9.17) is 11.6 Å². The number of amides is 1. The van der Waals surface area contributed by atoms with Crippen molar-refractivity contribution in [2.24, 2.45) is 0 Å². The Kier molecular flexibility index (Phi) is 6.17. The van der Waals surface area contributed by atoms with Crippen molar-refractivity contribution in [3.63, 3.8) is 0 Å². The lowest BCUT2D eigenvalue weighted by Gasteiger charge is -2.32. The van der Waals surface area contributed by atoms with Gasteiger partial charge >= 0.3 is 0 Å². The van der Waals surface area contributed by atoms with Gasteiger partial charge in [0.15, 0.2) is 0 Å². The minimum absolute atomic E-state index is 0.0742. The zero-order valence-electron chi connectivity index (χ0n) is 16.0. The molecule has 0 unspecified atom stereocenters. The van der Waals surface area contributed by atoms with Crippen molar-refractivity contribution in [1.82, 2.24) is 30.4 Å². The van der Waals surface area contributed by atoms with Gasteiger partial charge in [-0.1, -0.05) is 54.1 Å². The molecule has 0 spiro atoms. The minimum Gasteiger partial charge on any atom is -0.352 e. The summed E-state index contributed by atoms with van der Waals surface area (Å²) < 4.78 is 0. The lowest BCUT2D eigenvalue weighted by Crippen LogP contribution is -2.45. The predicted molar refractivity (Wildman–Crippen MR) is 111 cm³/mol. The molecule has 1 amide bonds. The zero-order valence-corrected chi connectivity index (χ0v) is 16.8. The Morgan fingerprint density at radius 1 is 1.07 bits per heavy atom. The maximum Gasteiger partial charge on any atom is 0.243 e. The van der Waals surface area contributed by atoms with Gasteiger partial charge in [-0.2, -0.15) is 4.80 Å². The van der Waals surface area contributed by atoms with Gasteiger partial charge in [-0.15, -0.1) is 10.2 Å². The molecule has 1 N–H and O–H groups in total. The van der Waals surface area contributed by atoms with Gasteiger partial charge in [0.25, 0.3) is 0 Å². The first-order valence-corrected chi connectivity index (χ1v) is 10.1. The second-order valence-electron chi connectivity index (χ2n) is 7.25. The minimum atomic E-state index is -0.0850. The highest BCUT2D eigenvalue weighted by atomic mass is 35.5. The van der Waals surface area contributed by atoms with Crippen LogP contribution in [-0.2, 0) is 17.9 Å². The first-order chi connectivity index (χ1) is 14.2. The van der Waals surface area contributed by atoms with Crippen molar-refractivity contribution in [2.75, 3.05) is 13.1 Å². The van der Waals surface area contributed by atoms with Crippen LogP contribution in [0.5, 0.6) is 0 Å². The van der Waals surface area contributed by atoms with Gasteiger partial charge in [-0.25, -0.2) is 0 Å². The average molecular weight is 411 g/mol. The van der Waals surface area contributed by atoms with Crippen LogP contribution in [0.2, 0.25) is 5.02 Å². The summed E-state index contributed by atoms with van der Waals surface area (Å²) in [6.45, 7) is 2.88. The van der Waals surface area contributed by atoms with Crippen LogP contribution < -0.4 is 5.32 Å². The van der Waals surface area contributed by atoms with E-state index in [0.29, 0.717) is 5.82 Å². The normalized spacial score (nSPS) is 15.3. The van der Waals surface area contributed by atoms with E-state index in [0.717, 1.165) is 43.1 Å². The molecule has 150 valence electrons. The Morgan fingerprint density at radius 3 is 2.52 bits per heavy atom. The first-order valence-electron chi connectivity index (χ1n) is 9.75. The van der Waals surface area contributed by atoms with Gasteiger partial charge in [-0.3, -0.25) is 9.69 Å². The highest BCUT2D eigenvalue weighted by Crippen LogP contribution is 2.16. The predicted octanol–water partition coefficient (Wildman–Crippen LogP) is 2.77. The van der Waals surface area contributed by atoms with E-state index in [1.165, 1.54) is 10.4 Å². The van der Waals surface area contributed by atoms with E-state index in [2.05, 4.69) is 37.8 Å². The Balaban J connectivity index is 1.23. The topological polar surface area (TPSA) is 75.9 Å². The van der Waals surface area contributed by atoms with Crippen LogP contribution in [0.1, 0.15) is 18.4 Å². The molecule has 0 radical (unpaired) electrons. The molecule has 8 heteroatoms. The maximum atomic E-state index is 12.4. The summed E-state index contributed by atoms with van der Waals surface area (Å²) >= 11 is 5.94. The van der Waals surface area contributed by atoms with Crippen molar-refractivity contribution >= 4 is 17.5 Å². The summed E-state index contributed by atoms with van der Waals surface area (Å²) in [4.78, 5) is 16.1. The second kappa shape index (κ2) is 9.15. The summed E-state index contributed by atoms with van der Waals surface area (Å²) in [5.74, 6) is 0.437. The standard InChI is InChI=1S/C21H23ClN6O/c22-18-8-6-16(7-9-18)14-27-12-10-19(11-13-27)23-20(29)15-28-25-21(24-26-28)17-4-2-1-3-5-17/h1-9,19H,10-15H2,(H,23,29). The molecule has 2 heterocycles. The summed E-state index contributed by atoms with van der Waals surface area (Å²) in [6, 6.07) is 17.7. The molecule has 0 bridgehead atoms. The number of tetrazole rings is 1. The van der Waals surface area contributed by atoms with Gasteiger partial charge in [-0.05, 0) is 35.8 Å². The van der Waals surface area contributed by atoms with Crippen LogP contribution in [0.4, 0.5) is 0 Å². The molecular formula is C21H23ClN6O. The monoisotopic (exact) mass is 410 g/mol. The molecule has 0 saturated carbocycles. The van der Waals surface area contributed by atoms with Crippen LogP contribution in [0, 0.1) is 0 Å².